The van der Waals surface area contributed by atoms with Gasteiger partial charge in [-0.25, -0.2) is 4.79 Å². The molecule has 1 unspecified atom stereocenters. The van der Waals surface area contributed by atoms with Crippen molar-refractivity contribution in [2.45, 2.75) is 31.7 Å². The van der Waals surface area contributed by atoms with Gasteiger partial charge in [-0.05, 0) is 63.4 Å². The van der Waals surface area contributed by atoms with Gasteiger partial charge >= 0.3 is 5.69 Å². The Morgan fingerprint density at radius 3 is 2.74 bits per heavy atom. The van der Waals surface area contributed by atoms with Crippen LogP contribution in [0.4, 0.5) is 0 Å². The molecule has 0 spiro atoms. The Kier molecular flexibility index (Phi) is 4.23. The minimum Gasteiger partial charge on any atom is -0.316 e. The molecule has 0 saturated carbocycles. The van der Waals surface area contributed by atoms with Gasteiger partial charge in [-0.2, -0.15) is 0 Å². The van der Waals surface area contributed by atoms with Gasteiger partial charge in [-0.3, -0.25) is 4.57 Å². The van der Waals surface area contributed by atoms with Gasteiger partial charge in [0.1, 0.15) is 0 Å². The normalized spacial score (nSPS) is 23.7. The number of nitrogens with zero attached hydrogens (tertiary/aromatic N) is 2. The summed E-state index contributed by atoms with van der Waals surface area (Å²) in [4.78, 5) is 17.9. The molecule has 5 nitrogen and oxygen atoms in total. The molecule has 3 heterocycles. The zero-order chi connectivity index (χ0) is 15.6. The molecular formula is C18H26N4O. The third kappa shape index (κ3) is 3.08. The van der Waals surface area contributed by atoms with E-state index in [0.717, 1.165) is 42.9 Å². The molecule has 2 fully saturated rings. The first-order valence-corrected chi connectivity index (χ1v) is 8.93. The maximum Gasteiger partial charge on any atom is 0.326 e. The van der Waals surface area contributed by atoms with E-state index in [9.17, 15) is 4.79 Å². The van der Waals surface area contributed by atoms with E-state index < -0.39 is 0 Å². The van der Waals surface area contributed by atoms with Crippen LogP contribution in [0.1, 0.15) is 31.7 Å². The molecule has 2 N–H and O–H groups in total. The molecule has 1 atom stereocenters. The summed E-state index contributed by atoms with van der Waals surface area (Å²) in [6, 6.07) is 8.35. The summed E-state index contributed by atoms with van der Waals surface area (Å²) in [7, 11) is 0. The molecule has 0 amide bonds. The van der Waals surface area contributed by atoms with Crippen LogP contribution in [0.2, 0.25) is 0 Å². The number of aromatic nitrogens is 2. The Morgan fingerprint density at radius 1 is 1.13 bits per heavy atom. The van der Waals surface area contributed by atoms with Crippen LogP contribution in [0.15, 0.2) is 29.1 Å². The van der Waals surface area contributed by atoms with Crippen molar-refractivity contribution >= 4 is 11.0 Å². The fourth-order valence-electron chi connectivity index (χ4n) is 4.16. The highest BCUT2D eigenvalue weighted by Gasteiger charge is 2.24. The number of hydrogen-bond donors (Lipinski definition) is 2. The number of para-hydroxylation sites is 2. The summed E-state index contributed by atoms with van der Waals surface area (Å²) in [5.74, 6) is 0.865. The van der Waals surface area contributed by atoms with Crippen molar-refractivity contribution in [2.24, 2.45) is 5.92 Å². The molecule has 23 heavy (non-hydrogen) atoms. The third-order valence-electron chi connectivity index (χ3n) is 5.56. The fourth-order valence-corrected chi connectivity index (χ4v) is 4.16. The first kappa shape index (κ1) is 15.0. The molecule has 2 aliphatic heterocycles. The van der Waals surface area contributed by atoms with Gasteiger partial charge in [-0.1, -0.05) is 12.1 Å². The summed E-state index contributed by atoms with van der Waals surface area (Å²) in [6.07, 6.45) is 4.79. The second-order valence-corrected chi connectivity index (χ2v) is 7.04. The van der Waals surface area contributed by atoms with Crippen molar-refractivity contribution in [3.05, 3.63) is 34.7 Å². The number of piperidine rings is 1. The largest absolute Gasteiger partial charge is 0.326 e. The second-order valence-electron chi connectivity index (χ2n) is 7.04. The van der Waals surface area contributed by atoms with Crippen molar-refractivity contribution in [1.29, 1.82) is 0 Å². The van der Waals surface area contributed by atoms with Crippen molar-refractivity contribution in [3.8, 4) is 0 Å². The van der Waals surface area contributed by atoms with E-state index in [-0.39, 0.29) is 5.69 Å². The summed E-state index contributed by atoms with van der Waals surface area (Å²) in [5.41, 5.74) is 2.04. The predicted octanol–water partition coefficient (Wildman–Crippen LogP) is 1.97. The van der Waals surface area contributed by atoms with Gasteiger partial charge in [0.05, 0.1) is 11.0 Å². The highest BCUT2D eigenvalue weighted by molar-refractivity contribution is 5.75. The summed E-state index contributed by atoms with van der Waals surface area (Å²) in [6.45, 7) is 5.81. The molecule has 2 aliphatic rings. The van der Waals surface area contributed by atoms with Gasteiger partial charge in [0, 0.05) is 19.1 Å². The highest BCUT2D eigenvalue weighted by Crippen LogP contribution is 2.25. The number of fused-ring (bicyclic) bond motifs is 1. The monoisotopic (exact) mass is 314 g/mol. The third-order valence-corrected chi connectivity index (χ3v) is 5.56. The van der Waals surface area contributed by atoms with Crippen molar-refractivity contribution in [3.63, 3.8) is 0 Å². The van der Waals surface area contributed by atoms with Crippen molar-refractivity contribution in [2.75, 3.05) is 32.7 Å². The van der Waals surface area contributed by atoms with Gasteiger partial charge in [0.15, 0.2) is 0 Å². The lowest BCUT2D eigenvalue weighted by Crippen LogP contribution is -2.38. The number of likely N-dealkylation sites (tertiary alicyclic amines) is 1. The molecule has 124 valence electrons. The highest BCUT2D eigenvalue weighted by atomic mass is 16.1. The standard InChI is InChI=1S/C18H26N4O/c23-18-20-16-3-1-2-4-17(16)22(18)15-7-11-21(12-8-15)10-6-14-5-9-19-13-14/h1-4,14-15,19H,5-13H2,(H,20,23). The molecule has 0 radical (unpaired) electrons. The van der Waals surface area contributed by atoms with E-state index in [0.29, 0.717) is 6.04 Å². The Labute approximate surface area is 136 Å². The first-order chi connectivity index (χ1) is 11.3. The number of imidazole rings is 1. The summed E-state index contributed by atoms with van der Waals surface area (Å²) in [5, 5.41) is 3.45. The predicted molar refractivity (Wildman–Crippen MR) is 92.9 cm³/mol. The van der Waals surface area contributed by atoms with Gasteiger partial charge in [0.25, 0.3) is 0 Å². The lowest BCUT2D eigenvalue weighted by atomic mass is 10.0. The van der Waals surface area contributed by atoms with Crippen LogP contribution < -0.4 is 11.0 Å². The molecule has 2 aromatic rings. The second kappa shape index (κ2) is 6.49. The van der Waals surface area contributed by atoms with Crippen molar-refractivity contribution in [1.82, 2.24) is 19.8 Å². The van der Waals surface area contributed by atoms with Crippen LogP contribution in [-0.2, 0) is 0 Å². The topological polar surface area (TPSA) is 53.1 Å². The number of rotatable bonds is 4. The van der Waals surface area contributed by atoms with Crippen molar-refractivity contribution < 1.29 is 0 Å². The lowest BCUT2D eigenvalue weighted by molar-refractivity contribution is 0.177. The maximum absolute atomic E-state index is 12.3. The fraction of sp³-hybridized carbons (Fsp3) is 0.611. The number of hydrogen-bond acceptors (Lipinski definition) is 3. The molecule has 4 rings (SSSR count). The Balaban J connectivity index is 1.39. The van der Waals surface area contributed by atoms with E-state index in [1.807, 2.05) is 28.8 Å². The van der Waals surface area contributed by atoms with Crippen LogP contribution in [0.5, 0.6) is 0 Å². The Hall–Kier alpha value is -1.59. The first-order valence-electron chi connectivity index (χ1n) is 8.93. The van der Waals surface area contributed by atoms with Crippen LogP contribution >= 0.6 is 0 Å². The number of nitrogens with one attached hydrogen (secondary N) is 2. The number of benzene rings is 1. The van der Waals surface area contributed by atoms with E-state index in [2.05, 4.69) is 15.2 Å². The SMILES string of the molecule is O=c1[nH]c2ccccc2n1C1CCN(CCC2CCNC2)CC1. The summed E-state index contributed by atoms with van der Waals surface area (Å²) >= 11 is 0. The molecule has 1 aromatic carbocycles. The smallest absolute Gasteiger partial charge is 0.316 e. The average molecular weight is 314 g/mol. The molecule has 0 aliphatic carbocycles. The van der Waals surface area contributed by atoms with E-state index in [4.69, 9.17) is 0 Å². The number of H-pyrrole nitrogens is 1. The zero-order valence-corrected chi connectivity index (χ0v) is 13.6. The number of aromatic amines is 1. The van der Waals surface area contributed by atoms with Crippen LogP contribution in [-0.4, -0.2) is 47.2 Å². The van der Waals surface area contributed by atoms with E-state index in [1.54, 1.807) is 0 Å². The molecule has 0 bridgehead atoms. The van der Waals surface area contributed by atoms with Crippen LogP contribution in [0.3, 0.4) is 0 Å². The quantitative estimate of drug-likeness (QED) is 0.907. The van der Waals surface area contributed by atoms with Gasteiger partial charge < -0.3 is 15.2 Å². The van der Waals surface area contributed by atoms with Crippen LogP contribution in [0, 0.1) is 5.92 Å². The van der Waals surface area contributed by atoms with Gasteiger partial charge in [0.2, 0.25) is 0 Å². The molecule has 1 aromatic heterocycles. The van der Waals surface area contributed by atoms with E-state index >= 15 is 0 Å². The minimum atomic E-state index is 0.0432. The Morgan fingerprint density at radius 2 is 1.96 bits per heavy atom. The average Bonchev–Trinajstić information content (AvgIpc) is 3.20. The molecule has 2 saturated heterocycles. The van der Waals surface area contributed by atoms with Gasteiger partial charge in [-0.15, -0.1) is 0 Å². The zero-order valence-electron chi connectivity index (χ0n) is 13.6. The lowest BCUT2D eigenvalue weighted by Gasteiger charge is -2.33. The molecular weight excluding hydrogens is 288 g/mol. The van der Waals surface area contributed by atoms with Crippen LogP contribution in [0.25, 0.3) is 11.0 Å². The minimum absolute atomic E-state index is 0.0432. The molecule has 5 heteroatoms. The van der Waals surface area contributed by atoms with E-state index in [1.165, 1.54) is 32.5 Å². The summed E-state index contributed by atoms with van der Waals surface area (Å²) < 4.78 is 1.98. The maximum atomic E-state index is 12.3. The Bertz CT molecular complexity index is 705.